The van der Waals surface area contributed by atoms with Crippen LogP contribution in [0.1, 0.15) is 16.2 Å². The molecule has 0 radical (unpaired) electrons. The molecule has 2 aromatic rings. The van der Waals surface area contributed by atoms with Crippen LogP contribution in [0.15, 0.2) is 24.5 Å². The summed E-state index contributed by atoms with van der Waals surface area (Å²) in [6.45, 7) is 0.372. The Morgan fingerprint density at radius 2 is 2.33 bits per heavy atom. The number of carboxylic acids is 1. The molecule has 0 aliphatic heterocycles. The van der Waals surface area contributed by atoms with Crippen molar-refractivity contribution >= 4 is 23.4 Å². The maximum Gasteiger partial charge on any atom is 0.339 e. The third-order valence-electron chi connectivity index (χ3n) is 2.43. The molecule has 2 heterocycles. The predicted octanol–water partition coefficient (Wildman–Crippen LogP) is 1.78. The van der Waals surface area contributed by atoms with E-state index < -0.39 is 5.97 Å². The summed E-state index contributed by atoms with van der Waals surface area (Å²) in [5, 5.41) is 12.2. The molecule has 0 aliphatic carbocycles. The SMILES string of the molecule is Cn1ccnc1CNc1nc(Cl)ccc1C(=O)O. The first-order valence-electron chi connectivity index (χ1n) is 5.18. The van der Waals surface area contributed by atoms with Crippen molar-refractivity contribution in [2.75, 3.05) is 5.32 Å². The highest BCUT2D eigenvalue weighted by Crippen LogP contribution is 2.17. The lowest BCUT2D eigenvalue weighted by atomic mass is 10.2. The molecule has 2 rings (SSSR count). The molecule has 2 aromatic heterocycles. The van der Waals surface area contributed by atoms with Crippen molar-refractivity contribution in [3.8, 4) is 0 Å². The molecule has 0 saturated carbocycles. The van der Waals surface area contributed by atoms with Crippen LogP contribution >= 0.6 is 11.6 Å². The molecular weight excluding hydrogens is 256 g/mol. The van der Waals surface area contributed by atoms with Gasteiger partial charge >= 0.3 is 5.97 Å². The summed E-state index contributed by atoms with van der Waals surface area (Å²) in [5.74, 6) is -0.0485. The van der Waals surface area contributed by atoms with Gasteiger partial charge in [-0.3, -0.25) is 0 Å². The number of aromatic nitrogens is 3. The molecule has 0 aliphatic rings. The maximum absolute atomic E-state index is 11.0. The number of carbonyl (C=O) groups is 1. The zero-order chi connectivity index (χ0) is 13.1. The van der Waals surface area contributed by atoms with Crippen molar-refractivity contribution in [3.05, 3.63) is 41.1 Å². The first-order valence-corrected chi connectivity index (χ1v) is 5.55. The first kappa shape index (κ1) is 12.4. The van der Waals surface area contributed by atoms with E-state index >= 15 is 0 Å². The zero-order valence-electron chi connectivity index (χ0n) is 9.59. The molecule has 0 bridgehead atoms. The average molecular weight is 267 g/mol. The number of imidazole rings is 1. The summed E-state index contributed by atoms with van der Waals surface area (Å²) < 4.78 is 1.83. The number of pyridine rings is 1. The lowest BCUT2D eigenvalue weighted by Crippen LogP contribution is -2.11. The van der Waals surface area contributed by atoms with Crippen LogP contribution in [0.3, 0.4) is 0 Å². The van der Waals surface area contributed by atoms with Crippen LogP contribution in [0.2, 0.25) is 5.15 Å². The Kier molecular flexibility index (Phi) is 3.47. The van der Waals surface area contributed by atoms with Crippen LogP contribution < -0.4 is 5.32 Å². The van der Waals surface area contributed by atoms with Crippen LogP contribution in [0.25, 0.3) is 0 Å². The van der Waals surface area contributed by atoms with Crippen LogP contribution in [0.5, 0.6) is 0 Å². The molecular formula is C11H11ClN4O2. The van der Waals surface area contributed by atoms with Gasteiger partial charge in [-0.1, -0.05) is 11.6 Å². The van der Waals surface area contributed by atoms with Gasteiger partial charge in [-0.05, 0) is 12.1 Å². The predicted molar refractivity (Wildman–Crippen MR) is 66.7 cm³/mol. The van der Waals surface area contributed by atoms with Gasteiger partial charge < -0.3 is 15.0 Å². The second-order valence-corrected chi connectivity index (χ2v) is 4.03. The third kappa shape index (κ3) is 2.60. The van der Waals surface area contributed by atoms with E-state index in [4.69, 9.17) is 16.7 Å². The van der Waals surface area contributed by atoms with Gasteiger partial charge in [0.05, 0.1) is 6.54 Å². The van der Waals surface area contributed by atoms with Crippen molar-refractivity contribution in [1.29, 1.82) is 0 Å². The lowest BCUT2D eigenvalue weighted by Gasteiger charge is -2.08. The van der Waals surface area contributed by atoms with Crippen molar-refractivity contribution < 1.29 is 9.90 Å². The molecule has 0 atom stereocenters. The molecule has 2 N–H and O–H groups in total. The van der Waals surface area contributed by atoms with E-state index in [1.54, 1.807) is 12.4 Å². The highest BCUT2D eigenvalue weighted by molar-refractivity contribution is 6.29. The summed E-state index contributed by atoms with van der Waals surface area (Å²) in [6.07, 6.45) is 3.47. The number of carboxylic acid groups (broad SMARTS) is 1. The van der Waals surface area contributed by atoms with Crippen LogP contribution in [0, 0.1) is 0 Å². The topological polar surface area (TPSA) is 80.0 Å². The molecule has 18 heavy (non-hydrogen) atoms. The number of nitrogens with zero attached hydrogens (tertiary/aromatic N) is 3. The fraction of sp³-hybridized carbons (Fsp3) is 0.182. The number of nitrogens with one attached hydrogen (secondary N) is 1. The van der Waals surface area contributed by atoms with E-state index in [9.17, 15) is 4.79 Å². The second kappa shape index (κ2) is 5.05. The quantitative estimate of drug-likeness (QED) is 0.825. The van der Waals surface area contributed by atoms with E-state index in [2.05, 4.69) is 15.3 Å². The Morgan fingerprint density at radius 3 is 2.94 bits per heavy atom. The summed E-state index contributed by atoms with van der Waals surface area (Å²) in [4.78, 5) is 19.1. The molecule has 0 aromatic carbocycles. The Hall–Kier alpha value is -2.08. The molecule has 0 fully saturated rings. The van der Waals surface area contributed by atoms with E-state index in [1.165, 1.54) is 12.1 Å². The number of anilines is 1. The zero-order valence-corrected chi connectivity index (χ0v) is 10.3. The van der Waals surface area contributed by atoms with Crippen LogP contribution in [0.4, 0.5) is 5.82 Å². The van der Waals surface area contributed by atoms with E-state index in [-0.39, 0.29) is 16.5 Å². The fourth-order valence-electron chi connectivity index (χ4n) is 1.47. The minimum atomic E-state index is -1.05. The summed E-state index contributed by atoms with van der Waals surface area (Å²) in [6, 6.07) is 2.86. The minimum absolute atomic E-state index is 0.0774. The van der Waals surface area contributed by atoms with Gasteiger partial charge in [-0.25, -0.2) is 14.8 Å². The highest BCUT2D eigenvalue weighted by atomic mass is 35.5. The number of hydrogen-bond acceptors (Lipinski definition) is 4. The molecule has 0 spiro atoms. The van der Waals surface area contributed by atoms with Gasteiger partial charge in [0.1, 0.15) is 22.4 Å². The van der Waals surface area contributed by atoms with Gasteiger partial charge in [-0.15, -0.1) is 0 Å². The third-order valence-corrected chi connectivity index (χ3v) is 2.64. The summed E-state index contributed by atoms with van der Waals surface area (Å²) in [7, 11) is 1.85. The van der Waals surface area contributed by atoms with E-state index in [0.29, 0.717) is 6.54 Å². The Morgan fingerprint density at radius 1 is 1.56 bits per heavy atom. The number of aryl methyl sites for hydroxylation is 1. The number of halogens is 1. The van der Waals surface area contributed by atoms with Crippen LogP contribution in [-0.2, 0) is 13.6 Å². The van der Waals surface area contributed by atoms with Gasteiger partial charge in [0.25, 0.3) is 0 Å². The molecule has 7 heteroatoms. The van der Waals surface area contributed by atoms with Crippen molar-refractivity contribution in [2.45, 2.75) is 6.54 Å². The summed E-state index contributed by atoms with van der Waals surface area (Å²) >= 11 is 5.75. The Labute approximate surface area is 108 Å². The average Bonchev–Trinajstić information content (AvgIpc) is 2.72. The van der Waals surface area contributed by atoms with Crippen molar-refractivity contribution in [2.24, 2.45) is 7.05 Å². The largest absolute Gasteiger partial charge is 0.478 e. The number of aromatic carboxylic acids is 1. The monoisotopic (exact) mass is 266 g/mol. The number of hydrogen-bond donors (Lipinski definition) is 2. The number of rotatable bonds is 4. The van der Waals surface area contributed by atoms with Gasteiger partial charge in [0, 0.05) is 19.4 Å². The molecule has 0 saturated heterocycles. The van der Waals surface area contributed by atoms with Crippen molar-refractivity contribution in [3.63, 3.8) is 0 Å². The van der Waals surface area contributed by atoms with Crippen LogP contribution in [-0.4, -0.2) is 25.6 Å². The normalized spacial score (nSPS) is 10.3. The highest BCUT2D eigenvalue weighted by Gasteiger charge is 2.12. The standard InChI is InChI=1S/C11H11ClN4O2/c1-16-5-4-13-9(16)6-14-10-7(11(17)18)2-3-8(12)15-10/h2-5H,6H2,1H3,(H,14,15)(H,17,18). The lowest BCUT2D eigenvalue weighted by molar-refractivity contribution is 0.0697. The van der Waals surface area contributed by atoms with E-state index in [0.717, 1.165) is 5.82 Å². The summed E-state index contributed by atoms with van der Waals surface area (Å²) in [5.41, 5.74) is 0.0774. The molecule has 0 amide bonds. The van der Waals surface area contributed by atoms with Gasteiger partial charge in [0.15, 0.2) is 0 Å². The minimum Gasteiger partial charge on any atom is -0.478 e. The fourth-order valence-corrected chi connectivity index (χ4v) is 1.62. The Balaban J connectivity index is 2.20. The van der Waals surface area contributed by atoms with Gasteiger partial charge in [0.2, 0.25) is 0 Å². The maximum atomic E-state index is 11.0. The van der Waals surface area contributed by atoms with Crippen molar-refractivity contribution in [1.82, 2.24) is 14.5 Å². The first-order chi connectivity index (χ1) is 8.58. The van der Waals surface area contributed by atoms with Gasteiger partial charge in [-0.2, -0.15) is 0 Å². The molecule has 0 unspecified atom stereocenters. The van der Waals surface area contributed by atoms with E-state index in [1.807, 2.05) is 11.6 Å². The molecule has 6 nitrogen and oxygen atoms in total. The second-order valence-electron chi connectivity index (χ2n) is 3.64. The smallest absolute Gasteiger partial charge is 0.339 e. The molecule has 94 valence electrons. The Bertz CT molecular complexity index is 582.